The molecule has 0 amide bonds. The number of hydrogen-bond acceptors (Lipinski definition) is 2. The molecule has 0 aliphatic heterocycles. The van der Waals surface area contributed by atoms with E-state index in [4.69, 9.17) is 4.42 Å². The van der Waals surface area contributed by atoms with Gasteiger partial charge in [-0.3, -0.25) is 0 Å². The van der Waals surface area contributed by atoms with E-state index >= 15 is 0 Å². The first-order chi connectivity index (χ1) is 27.7. The third-order valence-electron chi connectivity index (χ3n) is 10.7. The van der Waals surface area contributed by atoms with Crippen LogP contribution in [0.2, 0.25) is 0 Å². The molecule has 0 aliphatic rings. The second-order valence-corrected chi connectivity index (χ2v) is 14.2. The summed E-state index contributed by atoms with van der Waals surface area (Å²) in [7, 11) is 0. The number of fused-ring (bicyclic) bond motifs is 3. The molecule has 56 heavy (non-hydrogen) atoms. The van der Waals surface area contributed by atoms with Crippen molar-refractivity contribution in [3.05, 3.63) is 224 Å². The Morgan fingerprint density at radius 1 is 0.268 bits per heavy atom. The van der Waals surface area contributed by atoms with Gasteiger partial charge >= 0.3 is 0 Å². The first kappa shape index (κ1) is 33.2. The van der Waals surface area contributed by atoms with Crippen molar-refractivity contribution in [2.75, 3.05) is 4.90 Å². The van der Waals surface area contributed by atoms with Gasteiger partial charge in [0.15, 0.2) is 0 Å². The highest BCUT2D eigenvalue weighted by Gasteiger charge is 2.20. The third kappa shape index (κ3) is 6.34. The van der Waals surface area contributed by atoms with Crippen LogP contribution in [0.1, 0.15) is 0 Å². The SMILES string of the molecule is c1ccc(-c2ccc(-c3ccc(-c4ccc(N(c5ccccc5)c5cc(-c6ccc(-c7ccccc7)cc6)c6oc7ccccc7c6c5)cc4)cc3)cc2)cc1. The Kier molecular flexibility index (Phi) is 8.55. The number of para-hydroxylation sites is 2. The maximum Gasteiger partial charge on any atom is 0.143 e. The van der Waals surface area contributed by atoms with E-state index in [9.17, 15) is 0 Å². The molecule has 2 nitrogen and oxygen atoms in total. The van der Waals surface area contributed by atoms with Gasteiger partial charge in [0.25, 0.3) is 0 Å². The molecule has 0 radical (unpaired) electrons. The summed E-state index contributed by atoms with van der Waals surface area (Å²) in [6.45, 7) is 0. The monoisotopic (exact) mass is 715 g/mol. The molecule has 0 unspecified atom stereocenters. The van der Waals surface area contributed by atoms with Crippen LogP contribution in [0, 0.1) is 0 Å². The van der Waals surface area contributed by atoms with Gasteiger partial charge in [-0.15, -0.1) is 0 Å². The second-order valence-electron chi connectivity index (χ2n) is 14.2. The number of nitrogens with zero attached hydrogens (tertiary/aromatic N) is 1. The van der Waals surface area contributed by atoms with Crippen molar-refractivity contribution < 1.29 is 4.42 Å². The molecule has 2 heteroatoms. The molecule has 10 rings (SSSR count). The van der Waals surface area contributed by atoms with Crippen LogP contribution in [0.3, 0.4) is 0 Å². The molecular weight excluding hydrogens is 679 g/mol. The summed E-state index contributed by atoms with van der Waals surface area (Å²) < 4.78 is 6.61. The van der Waals surface area contributed by atoms with Gasteiger partial charge in [-0.2, -0.15) is 0 Å². The zero-order chi connectivity index (χ0) is 37.3. The van der Waals surface area contributed by atoms with Crippen LogP contribution in [-0.4, -0.2) is 0 Å². The molecule has 0 bridgehead atoms. The van der Waals surface area contributed by atoms with Gasteiger partial charge in [0.2, 0.25) is 0 Å². The van der Waals surface area contributed by atoms with Crippen molar-refractivity contribution in [1.29, 1.82) is 0 Å². The second kappa shape index (κ2) is 14.4. The highest BCUT2D eigenvalue weighted by molar-refractivity contribution is 6.11. The van der Waals surface area contributed by atoms with Crippen molar-refractivity contribution in [1.82, 2.24) is 0 Å². The average Bonchev–Trinajstić information content (AvgIpc) is 3.66. The first-order valence-corrected chi connectivity index (χ1v) is 19.1. The molecule has 0 aliphatic carbocycles. The lowest BCUT2D eigenvalue weighted by Crippen LogP contribution is -2.10. The highest BCUT2D eigenvalue weighted by Crippen LogP contribution is 2.44. The van der Waals surface area contributed by atoms with Crippen molar-refractivity contribution in [2.24, 2.45) is 0 Å². The van der Waals surface area contributed by atoms with Crippen LogP contribution >= 0.6 is 0 Å². The van der Waals surface area contributed by atoms with Crippen LogP contribution < -0.4 is 4.90 Å². The summed E-state index contributed by atoms with van der Waals surface area (Å²) in [6.07, 6.45) is 0. The standard InChI is InChI=1S/C54H37NO/c1-4-12-38(13-5-1)40-20-22-42(23-21-40)43-24-26-44(27-25-43)45-32-34-48(35-33-45)55(47-16-8-3-9-17-47)49-36-51(54-52(37-49)50-18-10-11-19-53(50)56-54)46-30-28-41(29-31-46)39-14-6-2-7-15-39/h1-37H. The molecule has 0 spiro atoms. The third-order valence-corrected chi connectivity index (χ3v) is 10.7. The smallest absolute Gasteiger partial charge is 0.143 e. The summed E-state index contributed by atoms with van der Waals surface area (Å²) in [5.41, 5.74) is 16.8. The number of hydrogen-bond donors (Lipinski definition) is 0. The van der Waals surface area contributed by atoms with Gasteiger partial charge in [0, 0.05) is 33.4 Å². The summed E-state index contributed by atoms with van der Waals surface area (Å²) in [5.74, 6) is 0. The number of rotatable bonds is 8. The summed E-state index contributed by atoms with van der Waals surface area (Å²) >= 11 is 0. The average molecular weight is 716 g/mol. The molecule has 264 valence electrons. The Morgan fingerprint density at radius 3 is 1.14 bits per heavy atom. The molecule has 0 N–H and O–H groups in total. The Bertz CT molecular complexity index is 2900. The van der Waals surface area contributed by atoms with Gasteiger partial charge in [-0.05, 0) is 92.5 Å². The lowest BCUT2D eigenvalue weighted by atomic mass is 9.97. The van der Waals surface area contributed by atoms with Crippen LogP contribution in [0.4, 0.5) is 17.1 Å². The van der Waals surface area contributed by atoms with Crippen molar-refractivity contribution in [3.8, 4) is 55.6 Å². The molecule has 1 aromatic heterocycles. The van der Waals surface area contributed by atoms with Crippen LogP contribution in [-0.2, 0) is 0 Å². The van der Waals surface area contributed by atoms with E-state index in [-0.39, 0.29) is 0 Å². The lowest BCUT2D eigenvalue weighted by Gasteiger charge is -2.26. The number of anilines is 3. The minimum atomic E-state index is 0.882. The van der Waals surface area contributed by atoms with Crippen molar-refractivity contribution >= 4 is 39.0 Å². The van der Waals surface area contributed by atoms with Crippen molar-refractivity contribution in [2.45, 2.75) is 0 Å². The minimum absolute atomic E-state index is 0.882. The van der Waals surface area contributed by atoms with Crippen LogP contribution in [0.15, 0.2) is 229 Å². The van der Waals surface area contributed by atoms with Crippen LogP contribution in [0.25, 0.3) is 77.6 Å². The Hall–Kier alpha value is -7.42. The topological polar surface area (TPSA) is 16.4 Å². The molecule has 0 atom stereocenters. The van der Waals surface area contributed by atoms with Gasteiger partial charge in [-0.1, -0.05) is 182 Å². The van der Waals surface area contributed by atoms with E-state index in [1.54, 1.807) is 0 Å². The summed E-state index contributed by atoms with van der Waals surface area (Å²) in [5, 5.41) is 2.19. The van der Waals surface area contributed by atoms with E-state index < -0.39 is 0 Å². The maximum atomic E-state index is 6.61. The summed E-state index contributed by atoms with van der Waals surface area (Å²) in [6, 6.07) is 79.9. The maximum absolute atomic E-state index is 6.61. The highest BCUT2D eigenvalue weighted by atomic mass is 16.3. The Balaban J connectivity index is 1.01. The predicted molar refractivity (Wildman–Crippen MR) is 236 cm³/mol. The normalized spacial score (nSPS) is 11.2. The van der Waals surface area contributed by atoms with E-state index in [2.05, 4.69) is 223 Å². The molecule has 1 heterocycles. The van der Waals surface area contributed by atoms with Gasteiger partial charge < -0.3 is 9.32 Å². The quantitative estimate of drug-likeness (QED) is 0.156. The molecule has 0 saturated heterocycles. The van der Waals surface area contributed by atoms with Crippen LogP contribution in [0.5, 0.6) is 0 Å². The fourth-order valence-electron chi connectivity index (χ4n) is 7.80. The first-order valence-electron chi connectivity index (χ1n) is 19.1. The lowest BCUT2D eigenvalue weighted by molar-refractivity contribution is 0.670. The minimum Gasteiger partial charge on any atom is -0.455 e. The number of furan rings is 1. The van der Waals surface area contributed by atoms with Gasteiger partial charge in [0.1, 0.15) is 11.2 Å². The number of benzene rings is 9. The Morgan fingerprint density at radius 2 is 0.643 bits per heavy atom. The predicted octanol–water partition coefficient (Wildman–Crippen LogP) is 15.4. The van der Waals surface area contributed by atoms with Gasteiger partial charge in [0.05, 0.1) is 0 Å². The zero-order valence-corrected chi connectivity index (χ0v) is 30.7. The largest absolute Gasteiger partial charge is 0.455 e. The van der Waals surface area contributed by atoms with E-state index in [1.807, 2.05) is 6.07 Å². The Labute approximate surface area is 327 Å². The fourth-order valence-corrected chi connectivity index (χ4v) is 7.80. The van der Waals surface area contributed by atoms with E-state index in [0.717, 1.165) is 50.1 Å². The van der Waals surface area contributed by atoms with E-state index in [1.165, 1.54) is 44.5 Å². The fraction of sp³-hybridized carbons (Fsp3) is 0. The van der Waals surface area contributed by atoms with Gasteiger partial charge in [-0.25, -0.2) is 0 Å². The molecule has 10 aromatic rings. The zero-order valence-electron chi connectivity index (χ0n) is 30.7. The van der Waals surface area contributed by atoms with E-state index in [0.29, 0.717) is 0 Å². The molecular formula is C54H37NO. The molecule has 9 aromatic carbocycles. The summed E-state index contributed by atoms with van der Waals surface area (Å²) in [4.78, 5) is 2.34. The van der Waals surface area contributed by atoms with Crippen molar-refractivity contribution in [3.63, 3.8) is 0 Å². The molecule has 0 fully saturated rings. The molecule has 0 saturated carbocycles.